The Morgan fingerprint density at radius 3 is 2.68 bits per heavy atom. The highest BCUT2D eigenvalue weighted by atomic mass is 16.2. The lowest BCUT2D eigenvalue weighted by Gasteiger charge is -2.25. The second kappa shape index (κ2) is 6.75. The highest BCUT2D eigenvalue weighted by molar-refractivity contribution is 5.76. The number of rotatable bonds is 7. The van der Waals surface area contributed by atoms with Gasteiger partial charge < -0.3 is 15.2 Å². The number of hydrogen-bond donors (Lipinski definition) is 2. The van der Waals surface area contributed by atoms with E-state index in [1.165, 1.54) is 0 Å². The van der Waals surface area contributed by atoms with E-state index in [1.54, 1.807) is 0 Å². The lowest BCUT2D eigenvalue weighted by Crippen LogP contribution is -2.44. The van der Waals surface area contributed by atoms with E-state index in [0.717, 1.165) is 18.7 Å². The summed E-state index contributed by atoms with van der Waals surface area (Å²) in [6.07, 6.45) is 2.88. The third kappa shape index (κ3) is 5.47. The van der Waals surface area contributed by atoms with Gasteiger partial charge in [-0.25, -0.2) is 0 Å². The van der Waals surface area contributed by atoms with Gasteiger partial charge in [-0.1, -0.05) is 20.8 Å². The Kier molecular flexibility index (Phi) is 5.60. The molecule has 2 N–H and O–H groups in total. The Hall–Kier alpha value is -1.29. The van der Waals surface area contributed by atoms with Crippen LogP contribution in [0.2, 0.25) is 0 Å². The maximum Gasteiger partial charge on any atom is 0.240 e. The van der Waals surface area contributed by atoms with Gasteiger partial charge in [0.1, 0.15) is 6.54 Å². The van der Waals surface area contributed by atoms with Crippen LogP contribution in [-0.4, -0.2) is 22.1 Å². The SMILES string of the molecule is CCC(C)(C)NC(=O)Cn1cccc1CNC(C)C. The van der Waals surface area contributed by atoms with Crippen molar-refractivity contribution in [1.82, 2.24) is 15.2 Å². The topological polar surface area (TPSA) is 46.1 Å². The molecule has 4 nitrogen and oxygen atoms in total. The number of hydrogen-bond acceptors (Lipinski definition) is 2. The summed E-state index contributed by atoms with van der Waals surface area (Å²) in [7, 11) is 0. The summed E-state index contributed by atoms with van der Waals surface area (Å²) in [4.78, 5) is 12.0. The van der Waals surface area contributed by atoms with Gasteiger partial charge in [-0.05, 0) is 32.4 Å². The highest BCUT2D eigenvalue weighted by Gasteiger charge is 2.18. The minimum Gasteiger partial charge on any atom is -0.350 e. The first-order valence-electron chi connectivity index (χ1n) is 7.02. The molecule has 1 rings (SSSR count). The van der Waals surface area contributed by atoms with Gasteiger partial charge in [-0.3, -0.25) is 4.79 Å². The van der Waals surface area contributed by atoms with Crippen LogP contribution in [0.1, 0.15) is 46.7 Å². The molecule has 1 heterocycles. The van der Waals surface area contributed by atoms with E-state index in [2.05, 4.69) is 31.4 Å². The number of amides is 1. The zero-order chi connectivity index (χ0) is 14.5. The fourth-order valence-corrected chi connectivity index (χ4v) is 1.73. The monoisotopic (exact) mass is 265 g/mol. The summed E-state index contributed by atoms with van der Waals surface area (Å²) in [6.45, 7) is 11.6. The van der Waals surface area contributed by atoms with Gasteiger partial charge in [-0.15, -0.1) is 0 Å². The van der Waals surface area contributed by atoms with Crippen LogP contribution in [0.3, 0.4) is 0 Å². The van der Waals surface area contributed by atoms with Crippen molar-refractivity contribution in [2.45, 2.75) is 65.7 Å². The van der Waals surface area contributed by atoms with Gasteiger partial charge >= 0.3 is 0 Å². The zero-order valence-electron chi connectivity index (χ0n) is 12.8. The van der Waals surface area contributed by atoms with Crippen LogP contribution in [0, 0.1) is 0 Å². The second-order valence-electron chi connectivity index (χ2n) is 5.95. The van der Waals surface area contributed by atoms with E-state index in [-0.39, 0.29) is 11.4 Å². The molecule has 19 heavy (non-hydrogen) atoms. The normalized spacial score (nSPS) is 11.9. The molecular formula is C15H27N3O. The van der Waals surface area contributed by atoms with Gasteiger partial charge in [0, 0.05) is 30.0 Å². The summed E-state index contributed by atoms with van der Waals surface area (Å²) in [5, 5.41) is 6.42. The van der Waals surface area contributed by atoms with E-state index >= 15 is 0 Å². The van der Waals surface area contributed by atoms with Gasteiger partial charge in [0.15, 0.2) is 0 Å². The van der Waals surface area contributed by atoms with Crippen LogP contribution in [0.25, 0.3) is 0 Å². The van der Waals surface area contributed by atoms with E-state index in [0.29, 0.717) is 12.6 Å². The third-order valence-corrected chi connectivity index (χ3v) is 3.29. The standard InChI is InChI=1S/C15H27N3O/c1-6-15(4,5)17-14(19)11-18-9-7-8-13(18)10-16-12(2)3/h7-9,12,16H,6,10-11H2,1-5H3,(H,17,19). The minimum atomic E-state index is -0.138. The van der Waals surface area contributed by atoms with Gasteiger partial charge in [0.05, 0.1) is 0 Å². The first kappa shape index (κ1) is 15.8. The summed E-state index contributed by atoms with van der Waals surface area (Å²) >= 11 is 0. The molecule has 0 unspecified atom stereocenters. The van der Waals surface area contributed by atoms with E-state index in [1.807, 2.05) is 36.7 Å². The van der Waals surface area contributed by atoms with Crippen molar-refractivity contribution in [1.29, 1.82) is 0 Å². The Bertz CT molecular complexity index is 407. The maximum atomic E-state index is 12.0. The van der Waals surface area contributed by atoms with Crippen LogP contribution < -0.4 is 10.6 Å². The lowest BCUT2D eigenvalue weighted by molar-refractivity contribution is -0.123. The fourth-order valence-electron chi connectivity index (χ4n) is 1.73. The van der Waals surface area contributed by atoms with Crippen molar-refractivity contribution in [3.05, 3.63) is 24.0 Å². The number of nitrogens with one attached hydrogen (secondary N) is 2. The minimum absolute atomic E-state index is 0.0637. The van der Waals surface area contributed by atoms with E-state index < -0.39 is 0 Å². The number of nitrogens with zero attached hydrogens (tertiary/aromatic N) is 1. The quantitative estimate of drug-likeness (QED) is 0.794. The van der Waals surface area contributed by atoms with Crippen molar-refractivity contribution in [2.75, 3.05) is 0 Å². The first-order valence-corrected chi connectivity index (χ1v) is 7.02. The Labute approximate surface area is 116 Å². The summed E-state index contributed by atoms with van der Waals surface area (Å²) in [6, 6.07) is 4.47. The van der Waals surface area contributed by atoms with Gasteiger partial charge in [0.2, 0.25) is 5.91 Å². The molecular weight excluding hydrogens is 238 g/mol. The third-order valence-electron chi connectivity index (χ3n) is 3.29. The van der Waals surface area contributed by atoms with Crippen LogP contribution in [-0.2, 0) is 17.9 Å². The van der Waals surface area contributed by atoms with Gasteiger partial charge in [0.25, 0.3) is 0 Å². The first-order chi connectivity index (χ1) is 8.84. The van der Waals surface area contributed by atoms with Crippen LogP contribution >= 0.6 is 0 Å². The number of aromatic nitrogens is 1. The fraction of sp³-hybridized carbons (Fsp3) is 0.667. The summed E-state index contributed by atoms with van der Waals surface area (Å²) in [5.41, 5.74) is 0.999. The van der Waals surface area contributed by atoms with Crippen molar-refractivity contribution in [3.63, 3.8) is 0 Å². The maximum absolute atomic E-state index is 12.0. The number of carbonyl (C=O) groups is 1. The molecule has 0 saturated carbocycles. The average Bonchev–Trinajstić information content (AvgIpc) is 2.73. The molecule has 0 saturated heterocycles. The lowest BCUT2D eigenvalue weighted by atomic mass is 10.0. The molecule has 0 aliphatic carbocycles. The van der Waals surface area contributed by atoms with Crippen molar-refractivity contribution in [2.24, 2.45) is 0 Å². The predicted octanol–water partition coefficient (Wildman–Crippen LogP) is 2.29. The van der Waals surface area contributed by atoms with Crippen LogP contribution in [0.15, 0.2) is 18.3 Å². The van der Waals surface area contributed by atoms with E-state index in [9.17, 15) is 4.79 Å². The molecule has 0 bridgehead atoms. The summed E-state index contributed by atoms with van der Waals surface area (Å²) in [5.74, 6) is 0.0637. The molecule has 0 fully saturated rings. The molecule has 1 amide bonds. The molecule has 4 heteroatoms. The van der Waals surface area contributed by atoms with Crippen LogP contribution in [0.4, 0.5) is 0 Å². The molecule has 0 atom stereocenters. The largest absolute Gasteiger partial charge is 0.350 e. The predicted molar refractivity (Wildman–Crippen MR) is 78.9 cm³/mol. The molecule has 0 aliphatic rings. The molecule has 0 aliphatic heterocycles. The Morgan fingerprint density at radius 2 is 2.11 bits per heavy atom. The van der Waals surface area contributed by atoms with Crippen molar-refractivity contribution >= 4 is 5.91 Å². The molecule has 0 aromatic carbocycles. The smallest absolute Gasteiger partial charge is 0.240 e. The second-order valence-corrected chi connectivity index (χ2v) is 5.95. The molecule has 0 spiro atoms. The Morgan fingerprint density at radius 1 is 1.42 bits per heavy atom. The van der Waals surface area contributed by atoms with Crippen LogP contribution in [0.5, 0.6) is 0 Å². The van der Waals surface area contributed by atoms with Gasteiger partial charge in [-0.2, -0.15) is 0 Å². The Balaban J connectivity index is 2.57. The van der Waals surface area contributed by atoms with E-state index in [4.69, 9.17) is 0 Å². The average molecular weight is 265 g/mol. The molecule has 108 valence electrons. The highest BCUT2D eigenvalue weighted by Crippen LogP contribution is 2.08. The molecule has 0 radical (unpaired) electrons. The van der Waals surface area contributed by atoms with Crippen molar-refractivity contribution in [3.8, 4) is 0 Å². The zero-order valence-corrected chi connectivity index (χ0v) is 12.8. The molecule has 1 aromatic rings. The van der Waals surface area contributed by atoms with Crippen molar-refractivity contribution < 1.29 is 4.79 Å². The number of carbonyl (C=O) groups excluding carboxylic acids is 1. The molecule has 1 aromatic heterocycles. The summed E-state index contributed by atoms with van der Waals surface area (Å²) < 4.78 is 2.00.